The van der Waals surface area contributed by atoms with Crippen LogP contribution < -0.4 is 10.1 Å². The number of anilines is 1. The first-order chi connectivity index (χ1) is 10.1. The van der Waals surface area contributed by atoms with Gasteiger partial charge in [-0.3, -0.25) is 0 Å². The van der Waals surface area contributed by atoms with Crippen molar-refractivity contribution in [3.8, 4) is 5.75 Å². The fourth-order valence-electron chi connectivity index (χ4n) is 2.42. The maximum Gasteiger partial charge on any atom is 0.330 e. The first-order valence-electron chi connectivity index (χ1n) is 6.64. The summed E-state index contributed by atoms with van der Waals surface area (Å²) in [7, 11) is 0. The third-order valence-corrected chi connectivity index (χ3v) is 3.92. The molecule has 5 heteroatoms. The summed E-state index contributed by atoms with van der Waals surface area (Å²) in [4.78, 5) is 11.6. The normalized spacial score (nSPS) is 14.1. The molecule has 0 aromatic heterocycles. The molecule has 1 heterocycles. The molecular formula is C16H14BrNO3. The second kappa shape index (κ2) is 5.77. The molecule has 2 N–H and O–H groups in total. The van der Waals surface area contributed by atoms with Crippen molar-refractivity contribution in [2.24, 2.45) is 0 Å². The third kappa shape index (κ3) is 3.03. The Kier molecular flexibility index (Phi) is 3.84. The fourth-order valence-corrected chi connectivity index (χ4v) is 2.82. The van der Waals surface area contributed by atoms with Gasteiger partial charge in [0.05, 0.1) is 6.61 Å². The molecule has 2 aromatic carbocycles. The second-order valence-electron chi connectivity index (χ2n) is 4.89. The number of aliphatic carboxylic acids is 1. The van der Waals surface area contributed by atoms with E-state index in [0.29, 0.717) is 6.61 Å². The average molecular weight is 348 g/mol. The smallest absolute Gasteiger partial charge is 0.330 e. The first kappa shape index (κ1) is 13.9. The Bertz CT molecular complexity index is 687. The number of nitrogens with one attached hydrogen (secondary N) is 1. The van der Waals surface area contributed by atoms with Gasteiger partial charge in [0.2, 0.25) is 0 Å². The lowest BCUT2D eigenvalue weighted by atomic mass is 10.0. The summed E-state index contributed by atoms with van der Waals surface area (Å²) >= 11 is 3.38. The van der Waals surface area contributed by atoms with Crippen LogP contribution in [0.1, 0.15) is 17.2 Å². The molecule has 0 spiro atoms. The lowest BCUT2D eigenvalue weighted by molar-refractivity contribution is -0.138. The molecule has 0 saturated carbocycles. The zero-order valence-electron chi connectivity index (χ0n) is 11.2. The minimum atomic E-state index is -0.908. The fraction of sp³-hybridized carbons (Fsp3) is 0.188. The number of hydrogen-bond donors (Lipinski definition) is 2. The molecule has 0 aliphatic carbocycles. The largest absolute Gasteiger partial charge is 0.493 e. The van der Waals surface area contributed by atoms with Crippen LogP contribution in [0.4, 0.5) is 5.69 Å². The van der Waals surface area contributed by atoms with Crippen LogP contribution in [-0.2, 0) is 11.2 Å². The molecular weight excluding hydrogens is 334 g/mol. The molecule has 0 radical (unpaired) electrons. The van der Waals surface area contributed by atoms with Crippen LogP contribution in [0.15, 0.2) is 46.9 Å². The summed E-state index contributed by atoms with van der Waals surface area (Å²) < 4.78 is 6.36. The lowest BCUT2D eigenvalue weighted by Crippen LogP contribution is -2.20. The molecule has 3 rings (SSSR count). The Morgan fingerprint density at radius 2 is 2.14 bits per heavy atom. The minimum Gasteiger partial charge on any atom is -0.493 e. The van der Waals surface area contributed by atoms with Crippen LogP contribution >= 0.6 is 15.9 Å². The molecule has 0 saturated heterocycles. The zero-order valence-corrected chi connectivity index (χ0v) is 12.8. The van der Waals surface area contributed by atoms with Crippen molar-refractivity contribution in [2.45, 2.75) is 12.5 Å². The van der Waals surface area contributed by atoms with Crippen LogP contribution in [0.3, 0.4) is 0 Å². The molecule has 4 nitrogen and oxygen atoms in total. The van der Waals surface area contributed by atoms with Gasteiger partial charge >= 0.3 is 5.97 Å². The van der Waals surface area contributed by atoms with E-state index in [0.717, 1.165) is 33.5 Å². The van der Waals surface area contributed by atoms with Gasteiger partial charge in [-0.1, -0.05) is 28.1 Å². The quantitative estimate of drug-likeness (QED) is 0.886. The van der Waals surface area contributed by atoms with Gasteiger partial charge in [0.25, 0.3) is 0 Å². The van der Waals surface area contributed by atoms with E-state index >= 15 is 0 Å². The number of ether oxygens (including phenoxy) is 1. The number of hydrogen-bond acceptors (Lipinski definition) is 3. The highest BCUT2D eigenvalue weighted by molar-refractivity contribution is 9.10. The van der Waals surface area contributed by atoms with Gasteiger partial charge in [-0.2, -0.15) is 0 Å². The Morgan fingerprint density at radius 3 is 2.90 bits per heavy atom. The number of carboxylic acid groups (broad SMARTS) is 1. The van der Waals surface area contributed by atoms with E-state index in [4.69, 9.17) is 4.74 Å². The standard InChI is InChI=1S/C16H14BrNO3/c17-12-2-1-3-13(9-12)18-15(16(19)20)11-4-5-14-10(8-11)6-7-21-14/h1-5,8-9,15,18H,6-7H2,(H,19,20). The summed E-state index contributed by atoms with van der Waals surface area (Å²) in [5.74, 6) is -0.0563. The molecule has 1 atom stereocenters. The highest BCUT2D eigenvalue weighted by Gasteiger charge is 2.22. The van der Waals surface area contributed by atoms with E-state index in [1.807, 2.05) is 36.4 Å². The van der Waals surface area contributed by atoms with E-state index in [2.05, 4.69) is 21.2 Å². The summed E-state index contributed by atoms with van der Waals surface area (Å²) in [5, 5.41) is 12.6. The molecule has 1 aliphatic rings. The number of rotatable bonds is 4. The van der Waals surface area contributed by atoms with Crippen molar-refractivity contribution >= 4 is 27.6 Å². The Morgan fingerprint density at radius 1 is 1.29 bits per heavy atom. The van der Waals surface area contributed by atoms with E-state index in [1.54, 1.807) is 6.07 Å². The van der Waals surface area contributed by atoms with Crippen molar-refractivity contribution in [3.63, 3.8) is 0 Å². The highest BCUT2D eigenvalue weighted by Crippen LogP contribution is 2.30. The molecule has 1 aliphatic heterocycles. The van der Waals surface area contributed by atoms with Gasteiger partial charge in [-0.05, 0) is 41.5 Å². The number of fused-ring (bicyclic) bond motifs is 1. The van der Waals surface area contributed by atoms with Gasteiger partial charge in [-0.25, -0.2) is 4.79 Å². The van der Waals surface area contributed by atoms with Crippen LogP contribution in [0, 0.1) is 0 Å². The van der Waals surface area contributed by atoms with Crippen molar-refractivity contribution in [1.29, 1.82) is 0 Å². The summed E-state index contributed by atoms with van der Waals surface area (Å²) in [6, 6.07) is 12.2. The molecule has 108 valence electrons. The van der Waals surface area contributed by atoms with Gasteiger partial charge in [0.15, 0.2) is 6.04 Å². The summed E-state index contributed by atoms with van der Waals surface area (Å²) in [6.45, 7) is 0.662. The van der Waals surface area contributed by atoms with Crippen molar-refractivity contribution < 1.29 is 14.6 Å². The predicted octanol–water partition coefficient (Wildman–Crippen LogP) is 3.62. The van der Waals surface area contributed by atoms with Crippen LogP contribution in [-0.4, -0.2) is 17.7 Å². The van der Waals surface area contributed by atoms with Gasteiger partial charge < -0.3 is 15.2 Å². The number of halogens is 1. The Labute approximate surface area is 130 Å². The van der Waals surface area contributed by atoms with E-state index in [-0.39, 0.29) is 0 Å². The van der Waals surface area contributed by atoms with Gasteiger partial charge in [0.1, 0.15) is 5.75 Å². The first-order valence-corrected chi connectivity index (χ1v) is 7.43. The Hall–Kier alpha value is -2.01. The summed E-state index contributed by atoms with van der Waals surface area (Å²) in [6.07, 6.45) is 0.826. The lowest BCUT2D eigenvalue weighted by Gasteiger charge is -2.17. The zero-order chi connectivity index (χ0) is 14.8. The molecule has 1 unspecified atom stereocenters. The number of carboxylic acids is 1. The van der Waals surface area contributed by atoms with Crippen LogP contribution in [0.5, 0.6) is 5.75 Å². The Balaban J connectivity index is 1.89. The molecule has 0 amide bonds. The summed E-state index contributed by atoms with van der Waals surface area (Å²) in [5.41, 5.74) is 2.55. The molecule has 0 bridgehead atoms. The van der Waals surface area contributed by atoms with Crippen LogP contribution in [0.25, 0.3) is 0 Å². The van der Waals surface area contributed by atoms with Crippen molar-refractivity contribution in [2.75, 3.05) is 11.9 Å². The number of carbonyl (C=O) groups is 1. The molecule has 21 heavy (non-hydrogen) atoms. The molecule has 0 fully saturated rings. The SMILES string of the molecule is O=C(O)C(Nc1cccc(Br)c1)c1ccc2c(c1)CCO2. The van der Waals surface area contributed by atoms with E-state index < -0.39 is 12.0 Å². The average Bonchev–Trinajstić information content (AvgIpc) is 2.92. The second-order valence-corrected chi connectivity index (χ2v) is 5.81. The molecule has 2 aromatic rings. The maximum atomic E-state index is 11.6. The number of benzene rings is 2. The van der Waals surface area contributed by atoms with Crippen molar-refractivity contribution in [1.82, 2.24) is 0 Å². The monoisotopic (exact) mass is 347 g/mol. The third-order valence-electron chi connectivity index (χ3n) is 3.43. The van der Waals surface area contributed by atoms with Crippen molar-refractivity contribution in [3.05, 3.63) is 58.1 Å². The van der Waals surface area contributed by atoms with Gasteiger partial charge in [0, 0.05) is 16.6 Å². The topological polar surface area (TPSA) is 58.6 Å². The predicted molar refractivity (Wildman–Crippen MR) is 83.8 cm³/mol. The highest BCUT2D eigenvalue weighted by atomic mass is 79.9. The minimum absolute atomic E-state index is 0.662. The van der Waals surface area contributed by atoms with E-state index in [1.165, 1.54) is 0 Å². The van der Waals surface area contributed by atoms with E-state index in [9.17, 15) is 9.90 Å². The maximum absolute atomic E-state index is 11.6. The van der Waals surface area contributed by atoms with Crippen LogP contribution in [0.2, 0.25) is 0 Å². The van der Waals surface area contributed by atoms with Gasteiger partial charge in [-0.15, -0.1) is 0 Å².